The largest absolute Gasteiger partial charge is 0.348 e. The average molecular weight is 347 g/mol. The molecular weight excluding hydrogens is 326 g/mol. The Morgan fingerprint density at radius 1 is 1.42 bits per heavy atom. The number of nitrogens with one attached hydrogen (secondary N) is 1. The summed E-state index contributed by atoms with van der Waals surface area (Å²) in [6, 6.07) is 3.51. The highest BCUT2D eigenvalue weighted by atomic mass is 32.2. The predicted molar refractivity (Wildman–Crippen MR) is 91.2 cm³/mol. The highest BCUT2D eigenvalue weighted by molar-refractivity contribution is 7.93. The number of amides is 1. The third-order valence-corrected chi connectivity index (χ3v) is 5.97. The van der Waals surface area contributed by atoms with Gasteiger partial charge in [0, 0.05) is 18.4 Å². The Morgan fingerprint density at radius 3 is 2.71 bits per heavy atom. The van der Waals surface area contributed by atoms with Gasteiger partial charge in [-0.15, -0.1) is 0 Å². The number of rotatable bonds is 4. The molecule has 0 spiro atoms. The second-order valence-electron chi connectivity index (χ2n) is 6.95. The quantitative estimate of drug-likeness (QED) is 0.863. The lowest BCUT2D eigenvalue weighted by Crippen LogP contribution is -2.29. The monoisotopic (exact) mass is 347 g/mol. The van der Waals surface area contributed by atoms with Crippen LogP contribution in [0.4, 0.5) is 0 Å². The van der Waals surface area contributed by atoms with Gasteiger partial charge in [0.2, 0.25) is 10.0 Å². The van der Waals surface area contributed by atoms with Crippen molar-refractivity contribution in [1.82, 2.24) is 10.3 Å². The molecule has 0 radical (unpaired) electrons. The molecule has 0 saturated heterocycles. The van der Waals surface area contributed by atoms with E-state index in [-0.39, 0.29) is 34.1 Å². The van der Waals surface area contributed by atoms with E-state index in [1.165, 1.54) is 0 Å². The molecule has 24 heavy (non-hydrogen) atoms. The first kappa shape index (κ1) is 16.9. The first-order valence-corrected chi connectivity index (χ1v) is 9.38. The SMILES string of the molecule is CC1(C)[C@@H](NC(=O)c2cccnc2)[C@@H]1C1C=CC(S(N)(=O)=O)=CC1. The highest BCUT2D eigenvalue weighted by Gasteiger charge is 2.60. The Balaban J connectivity index is 1.67. The third kappa shape index (κ3) is 3.14. The molecule has 1 aromatic heterocycles. The minimum atomic E-state index is -3.65. The highest BCUT2D eigenvalue weighted by Crippen LogP contribution is 2.57. The lowest BCUT2D eigenvalue weighted by atomic mass is 9.91. The molecule has 1 amide bonds. The maximum Gasteiger partial charge on any atom is 0.253 e. The van der Waals surface area contributed by atoms with E-state index in [2.05, 4.69) is 24.1 Å². The van der Waals surface area contributed by atoms with Crippen LogP contribution in [0.25, 0.3) is 0 Å². The van der Waals surface area contributed by atoms with Crippen molar-refractivity contribution in [3.05, 3.63) is 53.2 Å². The van der Waals surface area contributed by atoms with Crippen LogP contribution in [0.5, 0.6) is 0 Å². The number of sulfonamides is 1. The number of nitrogens with two attached hydrogens (primary N) is 1. The molecule has 1 heterocycles. The zero-order valence-corrected chi connectivity index (χ0v) is 14.5. The van der Waals surface area contributed by atoms with E-state index in [9.17, 15) is 13.2 Å². The van der Waals surface area contributed by atoms with Crippen LogP contribution < -0.4 is 10.5 Å². The maximum absolute atomic E-state index is 12.3. The molecule has 1 fully saturated rings. The fourth-order valence-corrected chi connectivity index (χ4v) is 4.17. The standard InChI is InChI=1S/C17H21N3O3S/c1-17(2)14(11-5-7-13(8-6-11)24(18,22)23)15(17)20-16(21)12-4-3-9-19-10-12/h3-5,7-11,14-15H,6H2,1-2H3,(H,20,21)(H2,18,22,23)/t11?,14-,15-/m0/s1. The van der Waals surface area contributed by atoms with Crippen LogP contribution in [0.2, 0.25) is 0 Å². The summed E-state index contributed by atoms with van der Waals surface area (Å²) < 4.78 is 22.7. The fraction of sp³-hybridized carbons (Fsp3) is 0.412. The molecule has 2 aliphatic carbocycles. The van der Waals surface area contributed by atoms with Crippen molar-refractivity contribution < 1.29 is 13.2 Å². The van der Waals surface area contributed by atoms with Gasteiger partial charge in [-0.3, -0.25) is 9.78 Å². The van der Waals surface area contributed by atoms with Crippen LogP contribution in [-0.4, -0.2) is 25.4 Å². The first-order valence-electron chi connectivity index (χ1n) is 7.83. The second-order valence-corrected chi connectivity index (χ2v) is 8.51. The number of primary sulfonamides is 1. The van der Waals surface area contributed by atoms with Crippen molar-refractivity contribution in [2.75, 3.05) is 0 Å². The number of carbonyl (C=O) groups is 1. The van der Waals surface area contributed by atoms with Crippen molar-refractivity contribution in [2.45, 2.75) is 26.3 Å². The summed E-state index contributed by atoms with van der Waals surface area (Å²) in [6.07, 6.45) is 8.90. The molecule has 3 N–H and O–H groups in total. The normalized spacial score (nSPS) is 28.1. The Hall–Kier alpha value is -1.99. The fourth-order valence-electron chi connectivity index (χ4n) is 3.57. The lowest BCUT2D eigenvalue weighted by Gasteiger charge is -2.16. The van der Waals surface area contributed by atoms with Gasteiger partial charge in [0.1, 0.15) is 0 Å². The molecule has 7 heteroatoms. The molecule has 3 rings (SSSR count). The molecule has 128 valence electrons. The number of nitrogens with zero attached hydrogens (tertiary/aromatic N) is 1. The van der Waals surface area contributed by atoms with Crippen LogP contribution in [0.3, 0.4) is 0 Å². The Bertz CT molecular complexity index is 813. The van der Waals surface area contributed by atoms with E-state index in [0.717, 1.165) is 0 Å². The van der Waals surface area contributed by atoms with Crippen LogP contribution in [-0.2, 0) is 10.0 Å². The summed E-state index contributed by atoms with van der Waals surface area (Å²) in [4.78, 5) is 16.4. The zero-order valence-electron chi connectivity index (χ0n) is 13.6. The third-order valence-electron chi connectivity index (χ3n) is 5.01. The van der Waals surface area contributed by atoms with Gasteiger partial charge in [-0.25, -0.2) is 13.6 Å². The number of hydrogen-bond donors (Lipinski definition) is 2. The van der Waals surface area contributed by atoms with Gasteiger partial charge in [0.05, 0.1) is 10.5 Å². The predicted octanol–water partition coefficient (Wildman–Crippen LogP) is 1.58. The Labute approximate surface area is 141 Å². The minimum absolute atomic E-state index is 0.0419. The van der Waals surface area contributed by atoms with Gasteiger partial charge >= 0.3 is 0 Å². The van der Waals surface area contributed by atoms with E-state index >= 15 is 0 Å². The summed E-state index contributed by atoms with van der Waals surface area (Å²) >= 11 is 0. The second kappa shape index (κ2) is 5.82. The smallest absolute Gasteiger partial charge is 0.253 e. The molecule has 0 aliphatic heterocycles. The molecule has 1 saturated carbocycles. The summed E-state index contributed by atoms with van der Waals surface area (Å²) in [5.74, 6) is 0.307. The van der Waals surface area contributed by atoms with E-state index in [0.29, 0.717) is 12.0 Å². The molecule has 6 nitrogen and oxygen atoms in total. The average Bonchev–Trinajstić information content (AvgIpc) is 3.08. The number of pyridine rings is 1. The number of allylic oxidation sites excluding steroid dienone is 3. The van der Waals surface area contributed by atoms with E-state index < -0.39 is 10.0 Å². The Morgan fingerprint density at radius 2 is 2.17 bits per heavy atom. The topological polar surface area (TPSA) is 102 Å². The summed E-state index contributed by atoms with van der Waals surface area (Å²) in [5.41, 5.74) is 0.495. The molecule has 1 unspecified atom stereocenters. The van der Waals surface area contributed by atoms with Gasteiger partial charge in [-0.05, 0) is 41.9 Å². The minimum Gasteiger partial charge on any atom is -0.348 e. The maximum atomic E-state index is 12.3. The summed E-state index contributed by atoms with van der Waals surface area (Å²) in [7, 11) is -3.65. The van der Waals surface area contributed by atoms with Gasteiger partial charge in [-0.1, -0.05) is 26.0 Å². The summed E-state index contributed by atoms with van der Waals surface area (Å²) in [6.45, 7) is 4.22. The molecule has 0 aromatic carbocycles. The van der Waals surface area contributed by atoms with Crippen molar-refractivity contribution in [1.29, 1.82) is 0 Å². The van der Waals surface area contributed by atoms with Crippen molar-refractivity contribution in [2.24, 2.45) is 22.4 Å². The van der Waals surface area contributed by atoms with Crippen molar-refractivity contribution in [3.8, 4) is 0 Å². The zero-order chi connectivity index (χ0) is 17.5. The van der Waals surface area contributed by atoms with Crippen LogP contribution in [0, 0.1) is 17.3 Å². The first-order chi connectivity index (χ1) is 11.2. The number of aromatic nitrogens is 1. The molecule has 0 bridgehead atoms. The van der Waals surface area contributed by atoms with Gasteiger partial charge in [0.15, 0.2) is 0 Å². The van der Waals surface area contributed by atoms with Crippen molar-refractivity contribution in [3.63, 3.8) is 0 Å². The van der Waals surface area contributed by atoms with Crippen molar-refractivity contribution >= 4 is 15.9 Å². The van der Waals surface area contributed by atoms with Crippen LogP contribution >= 0.6 is 0 Å². The molecule has 3 atom stereocenters. The van der Waals surface area contributed by atoms with E-state index in [1.807, 2.05) is 6.08 Å². The van der Waals surface area contributed by atoms with Gasteiger partial charge < -0.3 is 5.32 Å². The number of carbonyl (C=O) groups excluding carboxylic acids is 1. The lowest BCUT2D eigenvalue weighted by molar-refractivity contribution is 0.0944. The Kier molecular flexibility index (Phi) is 4.09. The summed E-state index contributed by atoms with van der Waals surface area (Å²) in [5, 5.41) is 8.22. The molecule has 2 aliphatic rings. The van der Waals surface area contributed by atoms with E-state index in [1.54, 1.807) is 36.7 Å². The van der Waals surface area contributed by atoms with Gasteiger partial charge in [-0.2, -0.15) is 0 Å². The van der Waals surface area contributed by atoms with Gasteiger partial charge in [0.25, 0.3) is 5.91 Å². The van der Waals surface area contributed by atoms with Crippen LogP contribution in [0.15, 0.2) is 47.7 Å². The molecule has 1 aromatic rings. The molecular formula is C17H21N3O3S. The van der Waals surface area contributed by atoms with Crippen LogP contribution in [0.1, 0.15) is 30.6 Å². The van der Waals surface area contributed by atoms with E-state index in [4.69, 9.17) is 5.14 Å². The number of hydrogen-bond acceptors (Lipinski definition) is 4.